The SMILES string of the molecule is CC[C@@H](C(=O)NC(C)C)N(Cc1c(Cl)cccc1Cl)C(=O)CSc1ccc(Cl)cc1. The summed E-state index contributed by atoms with van der Waals surface area (Å²) in [5.41, 5.74) is 0.626. The molecule has 0 radical (unpaired) electrons. The Balaban J connectivity index is 2.27. The minimum Gasteiger partial charge on any atom is -0.352 e. The van der Waals surface area contributed by atoms with Gasteiger partial charge in [0.2, 0.25) is 11.8 Å². The van der Waals surface area contributed by atoms with E-state index in [2.05, 4.69) is 5.32 Å². The molecule has 1 atom stereocenters. The molecular formula is C22H25Cl3N2O2S. The molecule has 0 bridgehead atoms. The van der Waals surface area contributed by atoms with Crippen molar-refractivity contribution in [1.29, 1.82) is 0 Å². The highest BCUT2D eigenvalue weighted by atomic mass is 35.5. The highest BCUT2D eigenvalue weighted by Gasteiger charge is 2.30. The van der Waals surface area contributed by atoms with Crippen LogP contribution in [0.15, 0.2) is 47.4 Å². The molecule has 2 rings (SSSR count). The number of carbonyl (C=O) groups is 2. The molecule has 162 valence electrons. The average Bonchev–Trinajstić information content (AvgIpc) is 2.68. The first kappa shape index (κ1) is 24.9. The maximum atomic E-state index is 13.2. The van der Waals surface area contributed by atoms with E-state index < -0.39 is 6.04 Å². The van der Waals surface area contributed by atoms with Gasteiger partial charge in [0.1, 0.15) is 6.04 Å². The molecule has 0 aliphatic heterocycles. The number of nitrogens with zero attached hydrogens (tertiary/aromatic N) is 1. The minimum atomic E-state index is -0.627. The van der Waals surface area contributed by atoms with E-state index >= 15 is 0 Å². The molecule has 2 aromatic carbocycles. The van der Waals surface area contributed by atoms with Gasteiger partial charge in [0.05, 0.1) is 5.75 Å². The fraction of sp³-hybridized carbons (Fsp3) is 0.364. The molecule has 0 fully saturated rings. The minimum absolute atomic E-state index is 0.0316. The highest BCUT2D eigenvalue weighted by Crippen LogP contribution is 2.28. The largest absolute Gasteiger partial charge is 0.352 e. The van der Waals surface area contributed by atoms with E-state index in [4.69, 9.17) is 34.8 Å². The monoisotopic (exact) mass is 486 g/mol. The van der Waals surface area contributed by atoms with Gasteiger partial charge in [0.25, 0.3) is 0 Å². The smallest absolute Gasteiger partial charge is 0.243 e. The van der Waals surface area contributed by atoms with Crippen LogP contribution in [-0.4, -0.2) is 34.6 Å². The molecule has 0 aromatic heterocycles. The third-order valence-corrected chi connectivity index (χ3v) is 6.34. The van der Waals surface area contributed by atoms with Crippen molar-refractivity contribution in [3.63, 3.8) is 0 Å². The Labute approximate surface area is 197 Å². The van der Waals surface area contributed by atoms with Gasteiger partial charge in [-0.1, -0.05) is 47.8 Å². The summed E-state index contributed by atoms with van der Waals surface area (Å²) < 4.78 is 0. The molecular weight excluding hydrogens is 463 g/mol. The Morgan fingerprint density at radius 3 is 2.17 bits per heavy atom. The highest BCUT2D eigenvalue weighted by molar-refractivity contribution is 8.00. The molecule has 4 nitrogen and oxygen atoms in total. The number of thioether (sulfide) groups is 1. The number of amides is 2. The molecule has 2 aromatic rings. The van der Waals surface area contributed by atoms with E-state index in [0.717, 1.165) is 4.90 Å². The molecule has 30 heavy (non-hydrogen) atoms. The zero-order valence-electron chi connectivity index (χ0n) is 17.1. The standard InChI is InChI=1S/C22H25Cl3N2O2S/c1-4-20(22(29)26-14(2)3)27(12-17-18(24)6-5-7-19(17)25)21(28)13-30-16-10-8-15(23)9-11-16/h5-11,14,20H,4,12-13H2,1-3H3,(H,26,29)/t20-/m0/s1. The molecule has 0 heterocycles. The predicted molar refractivity (Wildman–Crippen MR) is 127 cm³/mol. The molecule has 0 aliphatic rings. The molecule has 0 spiro atoms. The van der Waals surface area contributed by atoms with Gasteiger partial charge in [-0.25, -0.2) is 0 Å². The third-order valence-electron chi connectivity index (χ3n) is 4.38. The van der Waals surface area contributed by atoms with Crippen molar-refractivity contribution in [2.24, 2.45) is 0 Å². The number of hydrogen-bond acceptors (Lipinski definition) is 3. The number of carbonyl (C=O) groups excluding carboxylic acids is 2. The molecule has 8 heteroatoms. The summed E-state index contributed by atoms with van der Waals surface area (Å²) in [4.78, 5) is 28.5. The molecule has 1 N–H and O–H groups in total. The fourth-order valence-electron chi connectivity index (χ4n) is 2.91. The van der Waals surface area contributed by atoms with Gasteiger partial charge in [-0.15, -0.1) is 11.8 Å². The van der Waals surface area contributed by atoms with Crippen molar-refractivity contribution in [1.82, 2.24) is 10.2 Å². The van der Waals surface area contributed by atoms with Crippen LogP contribution < -0.4 is 5.32 Å². The average molecular weight is 488 g/mol. The van der Waals surface area contributed by atoms with Gasteiger partial charge in [-0.3, -0.25) is 9.59 Å². The lowest BCUT2D eigenvalue weighted by Gasteiger charge is -2.31. The predicted octanol–water partition coefficient (Wildman–Crippen LogP) is 6.07. The van der Waals surface area contributed by atoms with Gasteiger partial charge in [0.15, 0.2) is 0 Å². The van der Waals surface area contributed by atoms with Gasteiger partial charge in [-0.2, -0.15) is 0 Å². The summed E-state index contributed by atoms with van der Waals surface area (Å²) in [5, 5.41) is 4.47. The summed E-state index contributed by atoms with van der Waals surface area (Å²) in [6.07, 6.45) is 0.470. The Morgan fingerprint density at radius 1 is 1.03 bits per heavy atom. The first-order valence-corrected chi connectivity index (χ1v) is 11.8. The first-order valence-electron chi connectivity index (χ1n) is 9.64. The van der Waals surface area contributed by atoms with Crippen molar-refractivity contribution in [3.8, 4) is 0 Å². The lowest BCUT2D eigenvalue weighted by molar-refractivity contribution is -0.139. The van der Waals surface area contributed by atoms with Crippen LogP contribution in [0.2, 0.25) is 15.1 Å². The van der Waals surface area contributed by atoms with Crippen molar-refractivity contribution >= 4 is 58.4 Å². The zero-order valence-corrected chi connectivity index (χ0v) is 20.2. The Hall–Kier alpha value is -1.40. The van der Waals surface area contributed by atoms with E-state index in [1.165, 1.54) is 11.8 Å². The van der Waals surface area contributed by atoms with Crippen molar-refractivity contribution in [3.05, 3.63) is 63.1 Å². The number of rotatable bonds is 9. The molecule has 0 aliphatic carbocycles. The van der Waals surface area contributed by atoms with Crippen LogP contribution in [0.1, 0.15) is 32.8 Å². The Bertz CT molecular complexity index is 855. The lowest BCUT2D eigenvalue weighted by Crippen LogP contribution is -2.51. The Morgan fingerprint density at radius 2 is 1.63 bits per heavy atom. The number of halogens is 3. The second-order valence-electron chi connectivity index (χ2n) is 7.05. The van der Waals surface area contributed by atoms with Crippen molar-refractivity contribution in [2.75, 3.05) is 5.75 Å². The van der Waals surface area contributed by atoms with Crippen LogP contribution >= 0.6 is 46.6 Å². The van der Waals surface area contributed by atoms with Gasteiger partial charge in [0, 0.05) is 38.1 Å². The second-order valence-corrected chi connectivity index (χ2v) is 9.35. The number of hydrogen-bond donors (Lipinski definition) is 1. The summed E-state index contributed by atoms with van der Waals surface area (Å²) in [6, 6.07) is 11.8. The van der Waals surface area contributed by atoms with Crippen molar-refractivity contribution in [2.45, 2.75) is 50.7 Å². The lowest BCUT2D eigenvalue weighted by atomic mass is 10.1. The van der Waals surface area contributed by atoms with Crippen molar-refractivity contribution < 1.29 is 9.59 Å². The van der Waals surface area contributed by atoms with Crippen LogP contribution in [0.5, 0.6) is 0 Å². The van der Waals surface area contributed by atoms with E-state index in [0.29, 0.717) is 27.1 Å². The summed E-state index contributed by atoms with van der Waals surface area (Å²) >= 11 is 20.0. The van der Waals surface area contributed by atoms with E-state index in [1.54, 1.807) is 35.2 Å². The maximum Gasteiger partial charge on any atom is 0.243 e. The van der Waals surface area contributed by atoms with Crippen LogP contribution in [0.25, 0.3) is 0 Å². The van der Waals surface area contributed by atoms with E-state index in [1.807, 2.05) is 32.9 Å². The quantitative estimate of drug-likeness (QED) is 0.437. The van der Waals surface area contributed by atoms with Crippen LogP contribution in [0.4, 0.5) is 0 Å². The van der Waals surface area contributed by atoms with Gasteiger partial charge in [-0.05, 0) is 56.7 Å². The van der Waals surface area contributed by atoms with E-state index in [-0.39, 0.29) is 30.2 Å². The fourth-order valence-corrected chi connectivity index (χ4v) is 4.34. The number of nitrogens with one attached hydrogen (secondary N) is 1. The van der Waals surface area contributed by atoms with Crippen LogP contribution in [-0.2, 0) is 16.1 Å². The topological polar surface area (TPSA) is 49.4 Å². The zero-order chi connectivity index (χ0) is 22.3. The van der Waals surface area contributed by atoms with Gasteiger partial charge < -0.3 is 10.2 Å². The summed E-state index contributed by atoms with van der Waals surface area (Å²) in [5.74, 6) is -0.188. The Kier molecular flexibility index (Phi) is 9.82. The molecule has 2 amide bonds. The molecule has 0 saturated carbocycles. The van der Waals surface area contributed by atoms with Crippen LogP contribution in [0.3, 0.4) is 0 Å². The molecule has 0 unspecified atom stereocenters. The molecule has 0 saturated heterocycles. The number of benzene rings is 2. The normalized spacial score (nSPS) is 12.0. The first-order chi connectivity index (χ1) is 14.2. The third kappa shape index (κ3) is 7.09. The second kappa shape index (κ2) is 11.8. The maximum absolute atomic E-state index is 13.2. The van der Waals surface area contributed by atoms with Gasteiger partial charge >= 0.3 is 0 Å². The van der Waals surface area contributed by atoms with Crippen LogP contribution in [0, 0.1) is 0 Å². The summed E-state index contributed by atoms with van der Waals surface area (Å²) in [6.45, 7) is 5.81. The summed E-state index contributed by atoms with van der Waals surface area (Å²) in [7, 11) is 0. The van der Waals surface area contributed by atoms with E-state index in [9.17, 15) is 9.59 Å².